The van der Waals surface area contributed by atoms with Crippen LogP contribution < -0.4 is 4.74 Å². The first-order chi connectivity index (χ1) is 19.7. The SMILES string of the molecule is Fc1cc(Br)cc(F)c1C(F)(F)Oc1ccc(Br)cc1.Fc1cc(Br)cc(F)c1C1=[S+]CCCS1.O=S(=O)([O-])C(F)(F)F. The molecule has 4 nitrogen and oxygen atoms in total. The fourth-order valence-corrected chi connectivity index (χ4v) is 6.54. The molecule has 0 aromatic heterocycles. The molecule has 0 amide bonds. The van der Waals surface area contributed by atoms with Gasteiger partial charge in [-0.2, -0.15) is 22.0 Å². The molecule has 0 N–H and O–H groups in total. The molecular formula is C24H14Br3F9O4S3. The first-order valence-corrected chi connectivity index (χ1v) is 16.8. The monoisotopic (exact) mass is 870 g/mol. The first-order valence-electron chi connectivity index (χ1n) is 11.0. The normalized spacial score (nSPS) is 13.7. The highest BCUT2D eigenvalue weighted by Gasteiger charge is 2.41. The molecule has 1 heterocycles. The molecule has 4 rings (SSSR count). The van der Waals surface area contributed by atoms with E-state index in [4.69, 9.17) is 13.0 Å². The Hall–Kier alpha value is -1.38. The summed E-state index contributed by atoms with van der Waals surface area (Å²) in [5.74, 6) is -2.08. The molecular weight excluding hydrogens is 859 g/mol. The summed E-state index contributed by atoms with van der Waals surface area (Å²) >= 11 is 12.1. The molecule has 3 aromatic carbocycles. The lowest BCUT2D eigenvalue weighted by atomic mass is 10.2. The summed E-state index contributed by atoms with van der Waals surface area (Å²) in [6.07, 6.45) is -3.03. The van der Waals surface area contributed by atoms with Gasteiger partial charge >= 0.3 is 11.6 Å². The van der Waals surface area contributed by atoms with Crippen LogP contribution >= 0.6 is 59.6 Å². The van der Waals surface area contributed by atoms with Crippen LogP contribution in [0.3, 0.4) is 0 Å². The van der Waals surface area contributed by atoms with E-state index in [0.717, 1.165) is 34.3 Å². The number of alkyl halides is 5. The minimum atomic E-state index is -6.09. The lowest BCUT2D eigenvalue weighted by molar-refractivity contribution is -0.189. The van der Waals surface area contributed by atoms with Gasteiger partial charge in [-0.25, -0.2) is 26.0 Å². The topological polar surface area (TPSA) is 66.4 Å². The summed E-state index contributed by atoms with van der Waals surface area (Å²) in [6, 6.07) is 9.57. The van der Waals surface area contributed by atoms with Gasteiger partial charge in [-0.1, -0.05) is 59.6 Å². The number of thioether (sulfide) groups is 1. The van der Waals surface area contributed by atoms with Crippen molar-refractivity contribution in [3.8, 4) is 5.75 Å². The molecule has 0 atom stereocenters. The van der Waals surface area contributed by atoms with Crippen LogP contribution in [-0.4, -0.2) is 34.2 Å². The van der Waals surface area contributed by atoms with Crippen molar-refractivity contribution in [3.05, 3.63) is 96.3 Å². The minimum Gasteiger partial charge on any atom is -0.741 e. The average Bonchev–Trinajstić information content (AvgIpc) is 2.84. The third kappa shape index (κ3) is 11.5. The summed E-state index contributed by atoms with van der Waals surface area (Å²) < 4.78 is 147. The molecule has 0 aliphatic carbocycles. The predicted molar refractivity (Wildman–Crippen MR) is 156 cm³/mol. The van der Waals surface area contributed by atoms with E-state index in [1.54, 1.807) is 0 Å². The highest BCUT2D eigenvalue weighted by Crippen LogP contribution is 2.36. The van der Waals surface area contributed by atoms with Gasteiger partial charge in [-0.3, -0.25) is 0 Å². The molecule has 0 spiro atoms. The van der Waals surface area contributed by atoms with Gasteiger partial charge in [0.15, 0.2) is 27.2 Å². The molecule has 0 saturated heterocycles. The smallest absolute Gasteiger partial charge is 0.485 e. The van der Waals surface area contributed by atoms with E-state index >= 15 is 0 Å². The third-order valence-corrected chi connectivity index (χ3v) is 9.24. The van der Waals surface area contributed by atoms with Crippen LogP contribution in [0, 0.1) is 23.3 Å². The first kappa shape index (κ1) is 37.8. The molecule has 0 radical (unpaired) electrons. The van der Waals surface area contributed by atoms with Gasteiger partial charge in [0.25, 0.3) is 4.20 Å². The van der Waals surface area contributed by atoms with Crippen molar-refractivity contribution in [1.82, 2.24) is 0 Å². The van der Waals surface area contributed by atoms with E-state index in [2.05, 4.69) is 52.5 Å². The Morgan fingerprint density at radius 1 is 0.791 bits per heavy atom. The maximum atomic E-state index is 13.9. The highest BCUT2D eigenvalue weighted by molar-refractivity contribution is 9.11. The zero-order valence-corrected chi connectivity index (χ0v) is 27.8. The molecule has 0 unspecified atom stereocenters. The van der Waals surface area contributed by atoms with E-state index in [-0.39, 0.29) is 15.8 Å². The van der Waals surface area contributed by atoms with E-state index in [1.165, 1.54) is 59.5 Å². The van der Waals surface area contributed by atoms with Crippen molar-refractivity contribution in [2.75, 3.05) is 11.5 Å². The zero-order chi connectivity index (χ0) is 32.8. The lowest BCUT2D eigenvalue weighted by Gasteiger charge is -2.19. The molecule has 236 valence electrons. The zero-order valence-electron chi connectivity index (χ0n) is 20.6. The van der Waals surface area contributed by atoms with Crippen molar-refractivity contribution in [2.24, 2.45) is 0 Å². The highest BCUT2D eigenvalue weighted by atomic mass is 79.9. The Balaban J connectivity index is 0.000000247. The Bertz CT molecular complexity index is 1520. The Kier molecular flexibility index (Phi) is 13.9. The average molecular weight is 873 g/mol. The van der Waals surface area contributed by atoms with Crippen LogP contribution in [0.5, 0.6) is 5.75 Å². The van der Waals surface area contributed by atoms with Gasteiger partial charge in [-0.15, -0.1) is 0 Å². The van der Waals surface area contributed by atoms with E-state index in [0.29, 0.717) is 8.95 Å². The fraction of sp³-hybridized carbons (Fsp3) is 0.208. The van der Waals surface area contributed by atoms with Crippen molar-refractivity contribution in [1.29, 1.82) is 0 Å². The molecule has 43 heavy (non-hydrogen) atoms. The lowest BCUT2D eigenvalue weighted by Crippen LogP contribution is -2.25. The van der Waals surface area contributed by atoms with Crippen LogP contribution in [0.15, 0.2) is 61.9 Å². The molecule has 0 bridgehead atoms. The molecule has 0 saturated carbocycles. The van der Waals surface area contributed by atoms with E-state index in [9.17, 15) is 39.5 Å². The molecule has 1 aliphatic heterocycles. The van der Waals surface area contributed by atoms with Gasteiger partial charge < -0.3 is 9.29 Å². The number of ether oxygens (including phenoxy) is 1. The van der Waals surface area contributed by atoms with Crippen molar-refractivity contribution < 1.29 is 57.2 Å². The van der Waals surface area contributed by atoms with E-state index in [1.807, 2.05) is 0 Å². The second kappa shape index (κ2) is 15.8. The van der Waals surface area contributed by atoms with Gasteiger partial charge in [0.1, 0.15) is 40.1 Å². The Morgan fingerprint density at radius 2 is 1.23 bits per heavy atom. The molecule has 3 aromatic rings. The summed E-state index contributed by atoms with van der Waals surface area (Å²) in [7, 11) is -6.09. The number of halogens is 12. The molecule has 0 fully saturated rings. The predicted octanol–water partition coefficient (Wildman–Crippen LogP) is 9.09. The van der Waals surface area contributed by atoms with Crippen molar-refractivity contribution >= 4 is 85.2 Å². The number of rotatable bonds is 4. The number of benzene rings is 3. The fourth-order valence-electron chi connectivity index (χ4n) is 2.83. The second-order valence-electron chi connectivity index (χ2n) is 7.80. The van der Waals surface area contributed by atoms with Crippen LogP contribution in [0.1, 0.15) is 17.5 Å². The quantitative estimate of drug-likeness (QED) is 0.0862. The van der Waals surface area contributed by atoms with Crippen LogP contribution in [-0.2, 0) is 27.6 Å². The molecule has 1 aliphatic rings. The van der Waals surface area contributed by atoms with Crippen LogP contribution in [0.25, 0.3) is 0 Å². The van der Waals surface area contributed by atoms with E-state index < -0.39 is 50.6 Å². The summed E-state index contributed by atoms with van der Waals surface area (Å²) in [4.78, 5) is 0. The maximum absolute atomic E-state index is 13.9. The second-order valence-corrected chi connectivity index (χ2v) is 14.4. The van der Waals surface area contributed by atoms with Crippen molar-refractivity contribution in [2.45, 2.75) is 18.0 Å². The summed E-state index contributed by atoms with van der Waals surface area (Å²) in [6.45, 7) is 0. The Morgan fingerprint density at radius 3 is 1.63 bits per heavy atom. The number of hydrogen-bond acceptors (Lipinski definition) is 5. The minimum absolute atomic E-state index is 0.0238. The third-order valence-electron chi connectivity index (χ3n) is 4.61. The van der Waals surface area contributed by atoms with Gasteiger partial charge in [-0.05, 0) is 48.5 Å². The maximum Gasteiger partial charge on any atom is 0.485 e. The van der Waals surface area contributed by atoms with Gasteiger partial charge in [0, 0.05) is 25.6 Å². The summed E-state index contributed by atoms with van der Waals surface area (Å²) in [5.41, 5.74) is -6.94. The molecule has 19 heteroatoms. The van der Waals surface area contributed by atoms with Crippen LogP contribution in [0.2, 0.25) is 0 Å². The van der Waals surface area contributed by atoms with Crippen molar-refractivity contribution in [3.63, 3.8) is 0 Å². The Labute approximate surface area is 272 Å². The van der Waals surface area contributed by atoms with Gasteiger partial charge in [0.2, 0.25) is 0 Å². The number of hydrogen-bond donors (Lipinski definition) is 0. The largest absolute Gasteiger partial charge is 0.741 e. The van der Waals surface area contributed by atoms with Gasteiger partial charge in [0.05, 0.1) is 0 Å². The van der Waals surface area contributed by atoms with Crippen LogP contribution in [0.4, 0.5) is 39.5 Å². The summed E-state index contributed by atoms with van der Waals surface area (Å²) in [5, 5.41) is 0. The standard InChI is InChI=1S/C13H6Br2F4O.C10H8BrF2S2.CHF3O3S/c14-7-1-3-9(4-2-7)20-13(18,19)12-10(16)5-8(15)6-11(12)17;11-6-4-7(12)9(8(13)5-6)10-14-2-1-3-15-10;2-1(3,4)8(5,6)7/h1-6H;4-5H,1-3H2;(H,5,6,7)/q;+1;/p-1.